The van der Waals surface area contributed by atoms with Crippen molar-refractivity contribution in [3.05, 3.63) is 64.7 Å². The molecule has 2 aromatic rings. The second-order valence-corrected chi connectivity index (χ2v) is 5.49. The van der Waals surface area contributed by atoms with E-state index in [0.29, 0.717) is 0 Å². The third kappa shape index (κ3) is 3.20. The summed E-state index contributed by atoms with van der Waals surface area (Å²) in [5, 5.41) is 13.3. The van der Waals surface area contributed by atoms with E-state index in [9.17, 15) is 5.11 Å². The number of aryl methyl sites for hydroxylation is 2. The highest BCUT2D eigenvalue weighted by atomic mass is 16.3. The normalized spacial score (nSPS) is 13.8. The van der Waals surface area contributed by atoms with Crippen LogP contribution in [0, 0.1) is 13.8 Å². The zero-order valence-corrected chi connectivity index (χ0v) is 12.6. The molecule has 2 aromatic carbocycles. The van der Waals surface area contributed by atoms with Gasteiger partial charge in [0.05, 0.1) is 6.10 Å². The molecule has 0 bridgehead atoms. The van der Waals surface area contributed by atoms with Gasteiger partial charge in [0.25, 0.3) is 0 Å². The van der Waals surface area contributed by atoms with E-state index in [1.54, 1.807) is 6.92 Å². The van der Waals surface area contributed by atoms with Crippen LogP contribution in [0.2, 0.25) is 0 Å². The fourth-order valence-corrected chi connectivity index (χ4v) is 2.62. The quantitative estimate of drug-likeness (QED) is 0.854. The zero-order chi connectivity index (χ0) is 14.7. The SMILES string of the molecule is Cc1ccc(C(C)Nc2ccccc2C(C)O)c(C)c1. The Balaban J connectivity index is 2.26. The van der Waals surface area contributed by atoms with E-state index < -0.39 is 6.10 Å². The van der Waals surface area contributed by atoms with E-state index in [1.807, 2.05) is 24.3 Å². The van der Waals surface area contributed by atoms with Crippen molar-refractivity contribution in [2.24, 2.45) is 0 Å². The molecule has 2 nitrogen and oxygen atoms in total. The highest BCUT2D eigenvalue weighted by Gasteiger charge is 2.12. The minimum absolute atomic E-state index is 0.204. The molecule has 2 heteroatoms. The number of benzene rings is 2. The van der Waals surface area contributed by atoms with Gasteiger partial charge in [-0.1, -0.05) is 42.0 Å². The Morgan fingerprint density at radius 1 is 0.950 bits per heavy atom. The second kappa shape index (κ2) is 6.10. The average Bonchev–Trinajstić information content (AvgIpc) is 2.38. The van der Waals surface area contributed by atoms with E-state index in [1.165, 1.54) is 16.7 Å². The predicted molar refractivity (Wildman–Crippen MR) is 85.0 cm³/mol. The number of hydrogen-bond donors (Lipinski definition) is 2. The summed E-state index contributed by atoms with van der Waals surface area (Å²) in [6.07, 6.45) is -0.468. The van der Waals surface area contributed by atoms with E-state index in [4.69, 9.17) is 0 Å². The third-order valence-electron chi connectivity index (χ3n) is 3.67. The van der Waals surface area contributed by atoms with Gasteiger partial charge in [-0.05, 0) is 44.9 Å². The molecule has 0 saturated carbocycles. The van der Waals surface area contributed by atoms with E-state index >= 15 is 0 Å². The smallest absolute Gasteiger partial charge is 0.0781 e. The van der Waals surface area contributed by atoms with Gasteiger partial charge in [-0.2, -0.15) is 0 Å². The lowest BCUT2D eigenvalue weighted by atomic mass is 9.99. The summed E-state index contributed by atoms with van der Waals surface area (Å²) in [5.74, 6) is 0. The molecule has 0 saturated heterocycles. The van der Waals surface area contributed by atoms with Crippen molar-refractivity contribution in [3.8, 4) is 0 Å². The summed E-state index contributed by atoms with van der Waals surface area (Å²) in [7, 11) is 0. The highest BCUT2D eigenvalue weighted by Crippen LogP contribution is 2.28. The van der Waals surface area contributed by atoms with Crippen LogP contribution in [0.5, 0.6) is 0 Å². The summed E-state index contributed by atoms with van der Waals surface area (Å²) < 4.78 is 0. The van der Waals surface area contributed by atoms with Crippen LogP contribution in [0.25, 0.3) is 0 Å². The van der Waals surface area contributed by atoms with Crippen molar-refractivity contribution < 1.29 is 5.11 Å². The Hall–Kier alpha value is -1.80. The molecule has 0 spiro atoms. The number of hydrogen-bond acceptors (Lipinski definition) is 2. The van der Waals surface area contributed by atoms with Crippen LogP contribution in [0.3, 0.4) is 0 Å². The lowest BCUT2D eigenvalue weighted by Gasteiger charge is -2.21. The van der Waals surface area contributed by atoms with Crippen LogP contribution in [0.15, 0.2) is 42.5 Å². The van der Waals surface area contributed by atoms with E-state index in [-0.39, 0.29) is 6.04 Å². The summed E-state index contributed by atoms with van der Waals surface area (Å²) >= 11 is 0. The van der Waals surface area contributed by atoms with Gasteiger partial charge < -0.3 is 10.4 Å². The number of aliphatic hydroxyl groups excluding tert-OH is 1. The summed E-state index contributed by atoms with van der Waals surface area (Å²) in [6.45, 7) is 8.19. The molecule has 0 aliphatic heterocycles. The first-order valence-electron chi connectivity index (χ1n) is 7.09. The van der Waals surface area contributed by atoms with Gasteiger partial charge >= 0.3 is 0 Å². The lowest BCUT2D eigenvalue weighted by Crippen LogP contribution is -2.10. The van der Waals surface area contributed by atoms with Gasteiger partial charge in [-0.15, -0.1) is 0 Å². The highest BCUT2D eigenvalue weighted by molar-refractivity contribution is 5.54. The van der Waals surface area contributed by atoms with Crippen molar-refractivity contribution in [2.75, 3.05) is 5.32 Å². The molecule has 2 rings (SSSR count). The first kappa shape index (κ1) is 14.6. The van der Waals surface area contributed by atoms with Gasteiger partial charge in [-0.25, -0.2) is 0 Å². The molecule has 2 unspecified atom stereocenters. The Morgan fingerprint density at radius 2 is 1.65 bits per heavy atom. The predicted octanol–water partition coefficient (Wildman–Crippen LogP) is 4.53. The van der Waals surface area contributed by atoms with Crippen molar-refractivity contribution in [1.82, 2.24) is 0 Å². The lowest BCUT2D eigenvalue weighted by molar-refractivity contribution is 0.200. The molecule has 2 atom stereocenters. The number of para-hydroxylation sites is 1. The Kier molecular flexibility index (Phi) is 4.46. The Labute approximate surface area is 121 Å². The Morgan fingerprint density at radius 3 is 2.30 bits per heavy atom. The number of nitrogens with one attached hydrogen (secondary N) is 1. The van der Waals surface area contributed by atoms with Gasteiger partial charge in [0.15, 0.2) is 0 Å². The Bertz CT molecular complexity index is 590. The minimum atomic E-state index is -0.468. The molecule has 0 fully saturated rings. The standard InChI is InChI=1S/C18H23NO/c1-12-9-10-16(13(2)11-12)14(3)19-18-8-6-5-7-17(18)15(4)20/h5-11,14-15,19-20H,1-4H3. The van der Waals surface area contributed by atoms with Crippen LogP contribution in [0.4, 0.5) is 5.69 Å². The molecule has 0 radical (unpaired) electrons. The van der Waals surface area contributed by atoms with Crippen molar-refractivity contribution in [3.63, 3.8) is 0 Å². The number of anilines is 1. The summed E-state index contributed by atoms with van der Waals surface area (Å²) in [5.41, 5.74) is 5.79. The second-order valence-electron chi connectivity index (χ2n) is 5.49. The number of rotatable bonds is 4. The van der Waals surface area contributed by atoms with Crippen LogP contribution < -0.4 is 5.32 Å². The fraction of sp³-hybridized carbons (Fsp3) is 0.333. The maximum Gasteiger partial charge on any atom is 0.0781 e. The monoisotopic (exact) mass is 269 g/mol. The minimum Gasteiger partial charge on any atom is -0.389 e. The van der Waals surface area contributed by atoms with Gasteiger partial charge in [0, 0.05) is 17.3 Å². The molecule has 106 valence electrons. The van der Waals surface area contributed by atoms with Crippen LogP contribution in [-0.4, -0.2) is 5.11 Å². The largest absolute Gasteiger partial charge is 0.389 e. The van der Waals surface area contributed by atoms with Gasteiger partial charge in [0.2, 0.25) is 0 Å². The van der Waals surface area contributed by atoms with Gasteiger partial charge in [0.1, 0.15) is 0 Å². The molecule has 0 amide bonds. The van der Waals surface area contributed by atoms with Crippen molar-refractivity contribution >= 4 is 5.69 Å². The first-order chi connectivity index (χ1) is 9.49. The third-order valence-corrected chi connectivity index (χ3v) is 3.67. The average molecular weight is 269 g/mol. The molecule has 0 heterocycles. The molecular formula is C18H23NO. The maximum atomic E-state index is 9.84. The van der Waals surface area contributed by atoms with Crippen LogP contribution in [-0.2, 0) is 0 Å². The molecule has 20 heavy (non-hydrogen) atoms. The number of aliphatic hydroxyl groups is 1. The molecular weight excluding hydrogens is 246 g/mol. The van der Waals surface area contributed by atoms with Crippen molar-refractivity contribution in [2.45, 2.75) is 39.8 Å². The van der Waals surface area contributed by atoms with Crippen molar-refractivity contribution in [1.29, 1.82) is 0 Å². The summed E-state index contributed by atoms with van der Waals surface area (Å²) in [4.78, 5) is 0. The topological polar surface area (TPSA) is 32.3 Å². The van der Waals surface area contributed by atoms with Crippen LogP contribution >= 0.6 is 0 Å². The van der Waals surface area contributed by atoms with Crippen LogP contribution in [0.1, 0.15) is 48.2 Å². The molecule has 0 aliphatic carbocycles. The zero-order valence-electron chi connectivity index (χ0n) is 12.6. The fourth-order valence-electron chi connectivity index (χ4n) is 2.62. The van der Waals surface area contributed by atoms with E-state index in [0.717, 1.165) is 11.3 Å². The first-order valence-corrected chi connectivity index (χ1v) is 7.09. The van der Waals surface area contributed by atoms with Gasteiger partial charge in [-0.3, -0.25) is 0 Å². The summed E-state index contributed by atoms with van der Waals surface area (Å²) in [6, 6.07) is 14.6. The maximum absolute atomic E-state index is 9.84. The molecule has 0 aliphatic rings. The molecule has 0 aromatic heterocycles. The molecule has 2 N–H and O–H groups in total. The van der Waals surface area contributed by atoms with E-state index in [2.05, 4.69) is 44.3 Å².